The number of likely N-dealkylation sites (tertiary alicyclic amines) is 1. The Balaban J connectivity index is 1.31. The standard InChI is InChI=1S/C23H20BrClN4O4/c24-14-5-6-17-15(9-14)19-20(33-17)21(30)28-18(27-19)11-29-8-7-23(32,12-29)22(31)26-10-13-3-1-2-4-16(13)25/h1-6,9,32H,7-8,10-12H2,(H,26,31)(H,27,28,30). The maximum Gasteiger partial charge on any atom is 0.294 e. The van der Waals surface area contributed by atoms with Gasteiger partial charge in [-0.15, -0.1) is 0 Å². The van der Waals surface area contributed by atoms with Crippen LogP contribution in [0.5, 0.6) is 0 Å². The number of halogens is 2. The molecule has 1 saturated heterocycles. The Hall–Kier alpha value is -2.72. The van der Waals surface area contributed by atoms with Crippen molar-refractivity contribution in [2.45, 2.75) is 25.1 Å². The van der Waals surface area contributed by atoms with Gasteiger partial charge in [0.1, 0.15) is 16.9 Å². The Bertz CT molecular complexity index is 1440. The number of amides is 1. The molecular formula is C23H20BrClN4O4. The van der Waals surface area contributed by atoms with Crippen LogP contribution in [-0.2, 0) is 17.9 Å². The number of β-amino-alcohol motifs (C(OH)–C–C–N with tert-alkyl or cyclic N) is 1. The number of hydrogen-bond acceptors (Lipinski definition) is 6. The van der Waals surface area contributed by atoms with Crippen LogP contribution in [-0.4, -0.2) is 44.6 Å². The number of nitrogens with one attached hydrogen (secondary N) is 2. The first-order valence-electron chi connectivity index (χ1n) is 10.4. The summed E-state index contributed by atoms with van der Waals surface area (Å²) in [6.45, 7) is 1.12. The van der Waals surface area contributed by atoms with Crippen LogP contribution >= 0.6 is 27.5 Å². The summed E-state index contributed by atoms with van der Waals surface area (Å²) in [6.07, 6.45) is 0.273. The van der Waals surface area contributed by atoms with E-state index >= 15 is 0 Å². The highest BCUT2D eigenvalue weighted by molar-refractivity contribution is 9.10. The zero-order valence-electron chi connectivity index (χ0n) is 17.4. The number of aromatic nitrogens is 2. The third-order valence-electron chi connectivity index (χ3n) is 5.85. The lowest BCUT2D eigenvalue weighted by Crippen LogP contribution is -2.48. The van der Waals surface area contributed by atoms with Crippen LogP contribution < -0.4 is 10.9 Å². The molecule has 1 unspecified atom stereocenters. The molecule has 3 N–H and O–H groups in total. The molecule has 1 aliphatic heterocycles. The fraction of sp³-hybridized carbons (Fsp3) is 0.261. The van der Waals surface area contributed by atoms with E-state index in [-0.39, 0.29) is 37.2 Å². The highest BCUT2D eigenvalue weighted by Gasteiger charge is 2.42. The number of hydrogen-bond donors (Lipinski definition) is 3. The molecule has 4 aromatic rings. The molecule has 0 saturated carbocycles. The third-order valence-corrected chi connectivity index (χ3v) is 6.72. The van der Waals surface area contributed by atoms with Gasteiger partial charge in [-0.1, -0.05) is 45.7 Å². The molecule has 1 atom stereocenters. The summed E-state index contributed by atoms with van der Waals surface area (Å²) < 4.78 is 6.51. The molecule has 1 amide bonds. The number of benzene rings is 2. The highest BCUT2D eigenvalue weighted by Crippen LogP contribution is 2.28. The normalized spacial score (nSPS) is 18.9. The second-order valence-corrected chi connectivity index (χ2v) is 9.52. The summed E-state index contributed by atoms with van der Waals surface area (Å²) in [5.74, 6) is -0.0107. The minimum Gasteiger partial charge on any atom is -0.449 e. The molecule has 2 aromatic heterocycles. The minimum atomic E-state index is -1.53. The molecule has 10 heteroatoms. The predicted octanol–water partition coefficient (Wildman–Crippen LogP) is 3.34. The van der Waals surface area contributed by atoms with E-state index in [1.54, 1.807) is 12.1 Å². The van der Waals surface area contributed by atoms with E-state index in [0.717, 1.165) is 15.4 Å². The molecule has 0 radical (unpaired) electrons. The summed E-state index contributed by atoms with van der Waals surface area (Å²) in [5, 5.41) is 15.0. The maximum absolute atomic E-state index is 12.7. The summed E-state index contributed by atoms with van der Waals surface area (Å²) >= 11 is 9.57. The first kappa shape index (κ1) is 22.1. The highest BCUT2D eigenvalue weighted by atomic mass is 79.9. The van der Waals surface area contributed by atoms with Crippen LogP contribution in [0.4, 0.5) is 0 Å². The van der Waals surface area contributed by atoms with Crippen LogP contribution in [0.1, 0.15) is 17.8 Å². The molecule has 2 aromatic carbocycles. The molecule has 5 rings (SSSR count). The van der Waals surface area contributed by atoms with Gasteiger partial charge in [-0.3, -0.25) is 14.5 Å². The van der Waals surface area contributed by atoms with Gasteiger partial charge in [0.25, 0.3) is 11.5 Å². The Morgan fingerprint density at radius 1 is 1.33 bits per heavy atom. The SMILES string of the molecule is O=C(NCc1ccccc1Cl)C1(O)CCN(Cc2nc3c(oc4ccc(Br)cc43)c(=O)[nH]2)C1. The third kappa shape index (κ3) is 4.29. The number of H-pyrrole nitrogens is 1. The molecular weight excluding hydrogens is 512 g/mol. The van der Waals surface area contributed by atoms with Crippen LogP contribution in [0.25, 0.3) is 22.1 Å². The van der Waals surface area contributed by atoms with E-state index in [0.29, 0.717) is 28.5 Å². The summed E-state index contributed by atoms with van der Waals surface area (Å²) in [7, 11) is 0. The lowest BCUT2D eigenvalue weighted by molar-refractivity contribution is -0.138. The van der Waals surface area contributed by atoms with Gasteiger partial charge in [-0.25, -0.2) is 4.98 Å². The monoisotopic (exact) mass is 530 g/mol. The first-order chi connectivity index (χ1) is 15.8. The quantitative estimate of drug-likeness (QED) is 0.364. The molecule has 3 heterocycles. The van der Waals surface area contributed by atoms with Gasteiger partial charge in [0, 0.05) is 34.5 Å². The number of carbonyl (C=O) groups is 1. The number of rotatable bonds is 5. The minimum absolute atomic E-state index is 0.126. The average molecular weight is 532 g/mol. The molecule has 8 nitrogen and oxygen atoms in total. The lowest BCUT2D eigenvalue weighted by Gasteiger charge is -2.22. The molecule has 0 spiro atoms. The van der Waals surface area contributed by atoms with E-state index in [4.69, 9.17) is 16.0 Å². The fourth-order valence-electron chi connectivity index (χ4n) is 4.13. The van der Waals surface area contributed by atoms with Crippen LogP contribution in [0.3, 0.4) is 0 Å². The summed E-state index contributed by atoms with van der Waals surface area (Å²) in [4.78, 5) is 34.5. The number of nitrogens with zero attached hydrogens (tertiary/aromatic N) is 2. The van der Waals surface area contributed by atoms with Gasteiger partial charge in [0.15, 0.2) is 5.60 Å². The van der Waals surface area contributed by atoms with E-state index in [1.165, 1.54) is 0 Å². The van der Waals surface area contributed by atoms with Crippen molar-refractivity contribution in [3.05, 3.63) is 73.7 Å². The summed E-state index contributed by atoms with van der Waals surface area (Å²) in [5.41, 5.74) is 0.114. The van der Waals surface area contributed by atoms with Crippen molar-refractivity contribution in [2.24, 2.45) is 0 Å². The van der Waals surface area contributed by atoms with Gasteiger partial charge in [0.2, 0.25) is 5.58 Å². The second-order valence-electron chi connectivity index (χ2n) is 8.20. The van der Waals surface area contributed by atoms with Crippen molar-refractivity contribution in [3.8, 4) is 0 Å². The van der Waals surface area contributed by atoms with E-state index < -0.39 is 11.5 Å². The van der Waals surface area contributed by atoms with Crippen molar-refractivity contribution in [2.75, 3.05) is 13.1 Å². The molecule has 0 bridgehead atoms. The predicted molar refractivity (Wildman–Crippen MR) is 128 cm³/mol. The van der Waals surface area contributed by atoms with E-state index in [9.17, 15) is 14.7 Å². The smallest absolute Gasteiger partial charge is 0.294 e. The molecule has 1 fully saturated rings. The number of carbonyl (C=O) groups excluding carboxylic acids is 1. The van der Waals surface area contributed by atoms with Crippen molar-refractivity contribution < 1.29 is 14.3 Å². The zero-order valence-corrected chi connectivity index (χ0v) is 19.7. The molecule has 0 aliphatic carbocycles. The van der Waals surface area contributed by atoms with Crippen LogP contribution in [0.15, 0.2) is 56.1 Å². The number of furan rings is 1. The Morgan fingerprint density at radius 2 is 2.15 bits per heavy atom. The Morgan fingerprint density at radius 3 is 2.97 bits per heavy atom. The topological polar surface area (TPSA) is 111 Å². The molecule has 33 heavy (non-hydrogen) atoms. The molecule has 1 aliphatic rings. The number of aromatic amines is 1. The van der Waals surface area contributed by atoms with Crippen molar-refractivity contribution >= 4 is 55.5 Å². The maximum atomic E-state index is 12.7. The molecule has 170 valence electrons. The van der Waals surface area contributed by atoms with Gasteiger partial charge < -0.3 is 19.8 Å². The summed E-state index contributed by atoms with van der Waals surface area (Å²) in [6, 6.07) is 12.7. The van der Waals surface area contributed by atoms with Crippen LogP contribution in [0.2, 0.25) is 5.02 Å². The van der Waals surface area contributed by atoms with Crippen molar-refractivity contribution in [1.29, 1.82) is 0 Å². The van der Waals surface area contributed by atoms with Gasteiger partial charge in [-0.05, 0) is 36.2 Å². The van der Waals surface area contributed by atoms with Crippen molar-refractivity contribution in [1.82, 2.24) is 20.2 Å². The number of aliphatic hydroxyl groups is 1. The van der Waals surface area contributed by atoms with E-state index in [1.807, 2.05) is 35.2 Å². The average Bonchev–Trinajstić information content (AvgIpc) is 3.34. The van der Waals surface area contributed by atoms with Gasteiger partial charge in [-0.2, -0.15) is 0 Å². The lowest BCUT2D eigenvalue weighted by atomic mass is 10.0. The van der Waals surface area contributed by atoms with Gasteiger partial charge >= 0.3 is 0 Å². The Labute approximate surface area is 201 Å². The Kier molecular flexibility index (Phi) is 5.74. The number of fused-ring (bicyclic) bond motifs is 3. The fourth-order valence-corrected chi connectivity index (χ4v) is 4.70. The zero-order chi connectivity index (χ0) is 23.2. The second kappa shape index (κ2) is 8.57. The van der Waals surface area contributed by atoms with Crippen LogP contribution in [0, 0.1) is 0 Å². The largest absolute Gasteiger partial charge is 0.449 e. The van der Waals surface area contributed by atoms with E-state index in [2.05, 4.69) is 31.2 Å². The first-order valence-corrected chi connectivity index (χ1v) is 11.6. The van der Waals surface area contributed by atoms with Crippen molar-refractivity contribution in [3.63, 3.8) is 0 Å². The van der Waals surface area contributed by atoms with Gasteiger partial charge in [0.05, 0.1) is 6.54 Å².